The van der Waals surface area contributed by atoms with Crippen molar-refractivity contribution in [1.82, 2.24) is 15.1 Å². The summed E-state index contributed by atoms with van der Waals surface area (Å²) < 4.78 is 2.00. The third-order valence-electron chi connectivity index (χ3n) is 4.22. The summed E-state index contributed by atoms with van der Waals surface area (Å²) in [6, 6.07) is 11.2. The van der Waals surface area contributed by atoms with E-state index < -0.39 is 0 Å². The molecule has 1 saturated carbocycles. The minimum atomic E-state index is 0.318. The van der Waals surface area contributed by atoms with E-state index in [0.29, 0.717) is 11.6 Å². The highest BCUT2D eigenvalue weighted by atomic mass is 15.3. The average Bonchev–Trinajstić information content (AvgIpc) is 2.96. The van der Waals surface area contributed by atoms with E-state index in [0.717, 1.165) is 13.0 Å². The normalized spacial score (nSPS) is 17.9. The van der Waals surface area contributed by atoms with E-state index in [4.69, 9.17) is 0 Å². The summed E-state index contributed by atoms with van der Waals surface area (Å²) in [5.74, 6) is 0. The molecule has 0 radical (unpaired) electrons. The lowest BCUT2D eigenvalue weighted by Gasteiger charge is -2.23. The summed E-state index contributed by atoms with van der Waals surface area (Å²) in [6.07, 6.45) is 7.57. The van der Waals surface area contributed by atoms with E-state index in [1.807, 2.05) is 23.1 Å². The third-order valence-corrected chi connectivity index (χ3v) is 4.22. The van der Waals surface area contributed by atoms with Crippen molar-refractivity contribution in [2.45, 2.75) is 51.2 Å². The van der Waals surface area contributed by atoms with Crippen LogP contribution in [0, 0.1) is 6.92 Å². The molecule has 0 saturated heterocycles. The Morgan fingerprint density at radius 1 is 1.30 bits per heavy atom. The van der Waals surface area contributed by atoms with Crippen LogP contribution < -0.4 is 5.32 Å². The molecule has 1 N–H and O–H groups in total. The first-order valence-electron chi connectivity index (χ1n) is 7.47. The molecule has 0 amide bonds. The Morgan fingerprint density at radius 3 is 2.75 bits per heavy atom. The molecule has 1 aliphatic carbocycles. The number of rotatable bonds is 6. The zero-order valence-corrected chi connectivity index (χ0v) is 12.3. The summed E-state index contributed by atoms with van der Waals surface area (Å²) in [6.45, 7) is 5.39. The molecule has 106 valence electrons. The number of nitrogens with zero attached hydrogens (tertiary/aromatic N) is 2. The number of aromatic nitrogens is 2. The monoisotopic (exact) mass is 269 g/mol. The molecule has 3 heteroatoms. The van der Waals surface area contributed by atoms with Gasteiger partial charge in [-0.1, -0.05) is 24.3 Å². The fourth-order valence-corrected chi connectivity index (χ4v) is 2.95. The van der Waals surface area contributed by atoms with E-state index in [1.165, 1.54) is 24.0 Å². The molecule has 1 aromatic heterocycles. The highest BCUT2D eigenvalue weighted by molar-refractivity contribution is 5.29. The molecule has 2 aromatic rings. The fourth-order valence-electron chi connectivity index (χ4n) is 2.95. The van der Waals surface area contributed by atoms with Crippen LogP contribution in [0.4, 0.5) is 0 Å². The molecule has 1 aromatic carbocycles. The van der Waals surface area contributed by atoms with Gasteiger partial charge in [-0.2, -0.15) is 5.10 Å². The van der Waals surface area contributed by atoms with Gasteiger partial charge in [-0.25, -0.2) is 0 Å². The van der Waals surface area contributed by atoms with Gasteiger partial charge in [0.25, 0.3) is 0 Å². The Morgan fingerprint density at radius 2 is 2.10 bits per heavy atom. The smallest absolute Gasteiger partial charge is 0.0560 e. The molecule has 1 fully saturated rings. The molecule has 3 rings (SSSR count). The van der Waals surface area contributed by atoms with Crippen LogP contribution in [-0.4, -0.2) is 21.4 Å². The average molecular weight is 269 g/mol. The number of hydrogen-bond acceptors (Lipinski definition) is 2. The van der Waals surface area contributed by atoms with Gasteiger partial charge in [-0.05, 0) is 50.3 Å². The molecule has 0 aliphatic heterocycles. The van der Waals surface area contributed by atoms with Crippen molar-refractivity contribution in [2.75, 3.05) is 0 Å². The van der Waals surface area contributed by atoms with Gasteiger partial charge in [0.1, 0.15) is 0 Å². The van der Waals surface area contributed by atoms with Crippen LogP contribution in [-0.2, 0) is 13.0 Å². The summed E-state index contributed by atoms with van der Waals surface area (Å²) in [5, 5.41) is 8.10. The van der Waals surface area contributed by atoms with Crippen LogP contribution in [0.5, 0.6) is 0 Å². The molecule has 3 nitrogen and oxygen atoms in total. The highest BCUT2D eigenvalue weighted by Crippen LogP contribution is 2.39. The lowest BCUT2D eigenvalue weighted by Crippen LogP contribution is -2.42. The Balaban J connectivity index is 1.60. The van der Waals surface area contributed by atoms with E-state index in [9.17, 15) is 0 Å². The van der Waals surface area contributed by atoms with Crippen LogP contribution in [0.25, 0.3) is 0 Å². The van der Waals surface area contributed by atoms with Gasteiger partial charge in [0.2, 0.25) is 0 Å². The SMILES string of the molecule is Cc1ccccc1CC1(N[C@H](C)Cn2cccn2)CC1. The highest BCUT2D eigenvalue weighted by Gasteiger charge is 2.43. The van der Waals surface area contributed by atoms with Gasteiger partial charge in [0, 0.05) is 24.0 Å². The number of aryl methyl sites for hydroxylation is 1. The summed E-state index contributed by atoms with van der Waals surface area (Å²) in [7, 11) is 0. The maximum absolute atomic E-state index is 4.28. The minimum Gasteiger partial charge on any atom is -0.307 e. The van der Waals surface area contributed by atoms with Crippen molar-refractivity contribution in [3.8, 4) is 0 Å². The second-order valence-electron chi connectivity index (χ2n) is 6.16. The van der Waals surface area contributed by atoms with Crippen LogP contribution in [0.2, 0.25) is 0 Å². The van der Waals surface area contributed by atoms with Crippen molar-refractivity contribution in [3.05, 3.63) is 53.9 Å². The molecule has 0 bridgehead atoms. The van der Waals surface area contributed by atoms with Gasteiger partial charge in [-0.3, -0.25) is 4.68 Å². The largest absolute Gasteiger partial charge is 0.307 e. The van der Waals surface area contributed by atoms with Crippen LogP contribution in [0.15, 0.2) is 42.7 Å². The van der Waals surface area contributed by atoms with Crippen LogP contribution in [0.1, 0.15) is 30.9 Å². The predicted octanol–water partition coefficient (Wildman–Crippen LogP) is 2.94. The zero-order valence-electron chi connectivity index (χ0n) is 12.3. The third kappa shape index (κ3) is 3.10. The maximum atomic E-state index is 4.28. The number of nitrogens with one attached hydrogen (secondary N) is 1. The molecule has 1 aliphatic rings. The van der Waals surface area contributed by atoms with Gasteiger partial charge in [-0.15, -0.1) is 0 Å². The molecule has 1 heterocycles. The second kappa shape index (κ2) is 5.41. The van der Waals surface area contributed by atoms with Crippen LogP contribution >= 0.6 is 0 Å². The standard InChI is InChI=1S/C17H23N3/c1-14-6-3-4-7-16(14)12-17(8-9-17)19-15(2)13-20-11-5-10-18-20/h3-7,10-11,15,19H,8-9,12-13H2,1-2H3/t15-/m1/s1. The Hall–Kier alpha value is -1.61. The zero-order chi connectivity index (χ0) is 14.0. The van der Waals surface area contributed by atoms with Crippen molar-refractivity contribution < 1.29 is 0 Å². The molecular weight excluding hydrogens is 246 g/mol. The van der Waals surface area contributed by atoms with Gasteiger partial charge in [0.15, 0.2) is 0 Å². The van der Waals surface area contributed by atoms with Crippen molar-refractivity contribution >= 4 is 0 Å². The van der Waals surface area contributed by atoms with Gasteiger partial charge < -0.3 is 5.32 Å². The number of benzene rings is 1. The maximum Gasteiger partial charge on any atom is 0.0560 e. The van der Waals surface area contributed by atoms with E-state index >= 15 is 0 Å². The Kier molecular flexibility index (Phi) is 3.62. The summed E-state index contributed by atoms with van der Waals surface area (Å²) >= 11 is 0. The Labute approximate surface area is 121 Å². The molecule has 0 spiro atoms. The molecular formula is C17H23N3. The Bertz CT molecular complexity index is 555. The van der Waals surface area contributed by atoms with Crippen molar-refractivity contribution in [1.29, 1.82) is 0 Å². The van der Waals surface area contributed by atoms with E-state index in [2.05, 4.69) is 48.5 Å². The minimum absolute atomic E-state index is 0.318. The lowest BCUT2D eigenvalue weighted by atomic mass is 9.99. The predicted molar refractivity (Wildman–Crippen MR) is 81.7 cm³/mol. The first kappa shape index (κ1) is 13.4. The van der Waals surface area contributed by atoms with Gasteiger partial charge in [0.05, 0.1) is 6.54 Å². The second-order valence-corrected chi connectivity index (χ2v) is 6.16. The van der Waals surface area contributed by atoms with E-state index in [1.54, 1.807) is 0 Å². The quantitative estimate of drug-likeness (QED) is 0.874. The topological polar surface area (TPSA) is 29.9 Å². The molecule has 1 atom stereocenters. The molecule has 0 unspecified atom stereocenters. The van der Waals surface area contributed by atoms with Gasteiger partial charge >= 0.3 is 0 Å². The van der Waals surface area contributed by atoms with Crippen molar-refractivity contribution in [2.24, 2.45) is 0 Å². The number of hydrogen-bond donors (Lipinski definition) is 1. The fraction of sp³-hybridized carbons (Fsp3) is 0.471. The summed E-state index contributed by atoms with van der Waals surface area (Å²) in [4.78, 5) is 0. The first-order chi connectivity index (χ1) is 9.67. The lowest BCUT2D eigenvalue weighted by molar-refractivity contribution is 0.378. The van der Waals surface area contributed by atoms with E-state index in [-0.39, 0.29) is 0 Å². The molecule has 20 heavy (non-hydrogen) atoms. The first-order valence-corrected chi connectivity index (χ1v) is 7.47. The van der Waals surface area contributed by atoms with Crippen LogP contribution in [0.3, 0.4) is 0 Å². The summed E-state index contributed by atoms with van der Waals surface area (Å²) in [5.41, 5.74) is 3.20. The van der Waals surface area contributed by atoms with Crippen molar-refractivity contribution in [3.63, 3.8) is 0 Å².